The summed E-state index contributed by atoms with van der Waals surface area (Å²) < 4.78 is 17.8. The van der Waals surface area contributed by atoms with Gasteiger partial charge in [-0.05, 0) is 49.7 Å². The summed E-state index contributed by atoms with van der Waals surface area (Å²) in [5.41, 5.74) is 4.07. The third kappa shape index (κ3) is 5.81. The smallest absolute Gasteiger partial charge is 0.308 e. The van der Waals surface area contributed by atoms with Crippen molar-refractivity contribution >= 4 is 35.1 Å². The molecule has 3 aliphatic rings. The maximum atomic E-state index is 14.6. The van der Waals surface area contributed by atoms with Crippen molar-refractivity contribution in [2.45, 2.75) is 78.0 Å². The minimum absolute atomic E-state index is 0.123. The first-order valence-electron chi connectivity index (χ1n) is 14.9. The molecule has 0 saturated carbocycles. The number of methoxy groups -OCH3 is 2. The van der Waals surface area contributed by atoms with Gasteiger partial charge in [0.25, 0.3) is 5.91 Å². The predicted molar refractivity (Wildman–Crippen MR) is 163 cm³/mol. The van der Waals surface area contributed by atoms with E-state index in [0.717, 1.165) is 35.2 Å². The number of carboxylic acid groups (broad SMARTS) is 1. The van der Waals surface area contributed by atoms with Crippen LogP contribution in [0.5, 0.6) is 11.5 Å². The summed E-state index contributed by atoms with van der Waals surface area (Å²) in [7, 11) is 3.05. The molecule has 5 rings (SSSR count). The van der Waals surface area contributed by atoms with Crippen molar-refractivity contribution in [3.05, 3.63) is 51.5 Å². The number of anilines is 1. The molecule has 2 amide bonds. The number of hydrogen-bond donors (Lipinski definition) is 1. The fraction of sp³-hybridized carbons (Fsp3) is 0.545. The highest BCUT2D eigenvalue weighted by Gasteiger charge is 2.47. The lowest BCUT2D eigenvalue weighted by Crippen LogP contribution is -2.54. The molecule has 232 valence electrons. The van der Waals surface area contributed by atoms with Gasteiger partial charge in [0.2, 0.25) is 5.91 Å². The minimum atomic E-state index is -1.12. The Hall–Kier alpha value is -3.30. The Morgan fingerprint density at radius 3 is 2.51 bits per heavy atom. The summed E-state index contributed by atoms with van der Waals surface area (Å²) in [5.74, 6) is -1.29. The van der Waals surface area contributed by atoms with Crippen LogP contribution in [0.15, 0.2) is 24.3 Å². The molecule has 0 aromatic heterocycles. The fourth-order valence-corrected chi connectivity index (χ4v) is 7.19. The van der Waals surface area contributed by atoms with Crippen molar-refractivity contribution in [2.24, 2.45) is 11.3 Å². The van der Waals surface area contributed by atoms with Crippen molar-refractivity contribution < 1.29 is 33.7 Å². The van der Waals surface area contributed by atoms with Gasteiger partial charge in [-0.15, -0.1) is 0 Å². The van der Waals surface area contributed by atoms with Crippen LogP contribution in [0.4, 0.5) is 5.69 Å². The lowest BCUT2D eigenvalue weighted by molar-refractivity contribution is -0.149. The van der Waals surface area contributed by atoms with E-state index in [0.29, 0.717) is 41.5 Å². The number of amides is 2. The van der Waals surface area contributed by atoms with E-state index in [1.54, 1.807) is 11.0 Å². The third-order valence-corrected chi connectivity index (χ3v) is 9.37. The second-order valence-electron chi connectivity index (χ2n) is 12.9. The highest BCUT2D eigenvalue weighted by atomic mass is 35.5. The van der Waals surface area contributed by atoms with Crippen LogP contribution in [0, 0.1) is 18.3 Å². The molecule has 0 aliphatic carbocycles. The average molecular weight is 613 g/mol. The molecule has 0 bridgehead atoms. The molecule has 2 aromatic carbocycles. The molecular formula is C33H41ClN2O7. The molecule has 0 spiro atoms. The van der Waals surface area contributed by atoms with Crippen molar-refractivity contribution in [3.8, 4) is 11.5 Å². The third-order valence-electron chi connectivity index (χ3n) is 8.98. The van der Waals surface area contributed by atoms with Crippen LogP contribution in [0.25, 0.3) is 0 Å². The first-order chi connectivity index (χ1) is 20.3. The van der Waals surface area contributed by atoms with Crippen LogP contribution in [-0.4, -0.2) is 67.2 Å². The first-order valence-corrected chi connectivity index (χ1v) is 15.3. The molecule has 1 saturated heterocycles. The Bertz CT molecular complexity index is 1440. The number of rotatable bonds is 6. The molecule has 3 heterocycles. The Morgan fingerprint density at radius 2 is 1.86 bits per heavy atom. The average Bonchev–Trinajstić information content (AvgIpc) is 3.07. The van der Waals surface area contributed by atoms with Gasteiger partial charge in [-0.25, -0.2) is 0 Å². The van der Waals surface area contributed by atoms with Crippen molar-refractivity contribution in [2.75, 3.05) is 32.2 Å². The van der Waals surface area contributed by atoms with Gasteiger partial charge >= 0.3 is 5.97 Å². The van der Waals surface area contributed by atoms with Gasteiger partial charge in [0.1, 0.15) is 12.2 Å². The zero-order valence-electron chi connectivity index (χ0n) is 25.7. The number of nitrogens with zero attached hydrogens (tertiary/aromatic N) is 2. The van der Waals surface area contributed by atoms with Crippen molar-refractivity contribution in [1.82, 2.24) is 4.90 Å². The summed E-state index contributed by atoms with van der Waals surface area (Å²) in [5, 5.41) is 9.88. The fourth-order valence-electron chi connectivity index (χ4n) is 6.86. The monoisotopic (exact) mass is 612 g/mol. The van der Waals surface area contributed by atoms with Gasteiger partial charge in [0.05, 0.1) is 37.3 Å². The Kier molecular flexibility index (Phi) is 8.69. The molecule has 43 heavy (non-hydrogen) atoms. The number of piperidine rings is 1. The summed E-state index contributed by atoms with van der Waals surface area (Å²) in [6.07, 6.45) is 0.599. The van der Waals surface area contributed by atoms with Crippen LogP contribution >= 0.6 is 11.6 Å². The lowest BCUT2D eigenvalue weighted by atomic mass is 9.78. The second kappa shape index (κ2) is 12.0. The number of hydrogen-bond acceptors (Lipinski definition) is 6. The van der Waals surface area contributed by atoms with Crippen molar-refractivity contribution in [1.29, 1.82) is 0 Å². The van der Waals surface area contributed by atoms with Gasteiger partial charge in [0, 0.05) is 30.3 Å². The highest BCUT2D eigenvalue weighted by Crippen LogP contribution is 2.50. The number of ether oxygens (including phenoxy) is 3. The van der Waals surface area contributed by atoms with Gasteiger partial charge < -0.3 is 29.1 Å². The number of aliphatic carboxylic acids is 1. The van der Waals surface area contributed by atoms with E-state index in [1.165, 1.54) is 14.2 Å². The van der Waals surface area contributed by atoms with Crippen LogP contribution in [0.2, 0.25) is 5.02 Å². The standard InChI is InChI=1S/C33H41ClN2O7/c1-18-14-19-9-12-25(33(2,3)4)36-28(19)22(15-18)29(21-10-11-23(41-5)30(42-6)27(21)34)43-24(31(36)38)16-26(37)35-13-7-8-20(17-35)32(39)40/h10-11,14-15,20,24-25,29H,7-9,12-13,16-17H2,1-6H3,(H,39,40)/t20?,24-,25+,29-/m1/s1. The largest absolute Gasteiger partial charge is 0.493 e. The van der Waals surface area contributed by atoms with E-state index in [1.807, 2.05) is 24.0 Å². The number of benzene rings is 2. The minimum Gasteiger partial charge on any atom is -0.493 e. The molecule has 1 unspecified atom stereocenters. The zero-order valence-corrected chi connectivity index (χ0v) is 26.5. The number of aryl methyl sites for hydroxylation is 2. The molecule has 10 heteroatoms. The molecule has 1 N–H and O–H groups in total. The summed E-state index contributed by atoms with van der Waals surface area (Å²) in [4.78, 5) is 43.4. The molecule has 9 nitrogen and oxygen atoms in total. The van der Waals surface area contributed by atoms with E-state index in [-0.39, 0.29) is 36.2 Å². The number of halogens is 1. The van der Waals surface area contributed by atoms with Crippen molar-refractivity contribution in [3.63, 3.8) is 0 Å². The predicted octanol–water partition coefficient (Wildman–Crippen LogP) is 5.56. The summed E-state index contributed by atoms with van der Waals surface area (Å²) in [6, 6.07) is 7.61. The number of carbonyl (C=O) groups is 3. The Balaban J connectivity index is 1.64. The maximum Gasteiger partial charge on any atom is 0.308 e. The molecular weight excluding hydrogens is 572 g/mol. The van der Waals surface area contributed by atoms with E-state index in [4.69, 9.17) is 25.8 Å². The van der Waals surface area contributed by atoms with E-state index in [2.05, 4.69) is 26.8 Å². The van der Waals surface area contributed by atoms with E-state index in [9.17, 15) is 19.5 Å². The van der Waals surface area contributed by atoms with Crippen LogP contribution < -0.4 is 14.4 Å². The van der Waals surface area contributed by atoms with Crippen LogP contribution in [0.1, 0.15) is 74.8 Å². The normalized spacial score (nSPS) is 23.8. The molecule has 2 aromatic rings. The number of likely N-dealkylation sites (tertiary alicyclic amines) is 1. The topological polar surface area (TPSA) is 106 Å². The zero-order chi connectivity index (χ0) is 31.2. The molecule has 3 aliphatic heterocycles. The molecule has 0 radical (unpaired) electrons. The summed E-state index contributed by atoms with van der Waals surface area (Å²) in [6.45, 7) is 8.96. The lowest BCUT2D eigenvalue weighted by Gasteiger charge is -2.45. The second-order valence-corrected chi connectivity index (χ2v) is 13.3. The van der Waals surface area contributed by atoms with E-state index < -0.39 is 24.1 Å². The Labute approximate surface area is 258 Å². The summed E-state index contributed by atoms with van der Waals surface area (Å²) >= 11 is 6.95. The van der Waals surface area contributed by atoms with Gasteiger partial charge in [-0.3, -0.25) is 14.4 Å². The first kappa shape index (κ1) is 31.1. The van der Waals surface area contributed by atoms with Gasteiger partial charge in [-0.1, -0.05) is 56.1 Å². The quantitative estimate of drug-likeness (QED) is 0.455. The Morgan fingerprint density at radius 1 is 1.12 bits per heavy atom. The van der Waals surface area contributed by atoms with Crippen LogP contribution in [-0.2, 0) is 25.5 Å². The number of carboxylic acids is 1. The molecule has 4 atom stereocenters. The van der Waals surface area contributed by atoms with Gasteiger partial charge in [0.15, 0.2) is 11.5 Å². The SMILES string of the molecule is COc1ccc([C@H]2O[C@H](CC(=O)N3CCCC(C(=O)O)C3)C(=O)N3c4c(cc(C)cc42)CC[C@H]3C(C)(C)C)c(Cl)c1OC. The maximum absolute atomic E-state index is 14.6. The van der Waals surface area contributed by atoms with E-state index >= 15 is 0 Å². The van der Waals surface area contributed by atoms with Gasteiger partial charge in [-0.2, -0.15) is 0 Å². The molecule has 1 fully saturated rings. The number of carbonyl (C=O) groups excluding carboxylic acids is 2. The highest BCUT2D eigenvalue weighted by molar-refractivity contribution is 6.33. The van der Waals surface area contributed by atoms with Crippen LogP contribution in [0.3, 0.4) is 0 Å².